The Morgan fingerprint density at radius 1 is 1.18 bits per heavy atom. The van der Waals surface area contributed by atoms with Gasteiger partial charge in [-0.3, -0.25) is 4.57 Å². The average molecular weight is 377 g/mol. The second kappa shape index (κ2) is 8.57. The van der Waals surface area contributed by atoms with Crippen LogP contribution in [0.2, 0.25) is 0 Å². The fraction of sp³-hybridized carbons (Fsp3) is 0.391. The molecule has 2 aromatic carbocycles. The summed E-state index contributed by atoms with van der Waals surface area (Å²) in [5, 5.41) is 3.03. The molecule has 1 unspecified atom stereocenters. The molecule has 0 aliphatic carbocycles. The molecule has 1 atom stereocenters. The van der Waals surface area contributed by atoms with Crippen molar-refractivity contribution in [1.82, 2.24) is 19.8 Å². The molecular weight excluding hydrogens is 348 g/mol. The van der Waals surface area contributed by atoms with Gasteiger partial charge in [-0.1, -0.05) is 49.4 Å². The molecule has 28 heavy (non-hydrogen) atoms. The Morgan fingerprint density at radius 2 is 2.04 bits per heavy atom. The predicted molar refractivity (Wildman–Crippen MR) is 113 cm³/mol. The van der Waals surface area contributed by atoms with Gasteiger partial charge >= 0.3 is 6.03 Å². The first kappa shape index (κ1) is 18.7. The van der Waals surface area contributed by atoms with Crippen LogP contribution in [-0.4, -0.2) is 46.7 Å². The van der Waals surface area contributed by atoms with E-state index in [0.29, 0.717) is 12.5 Å². The van der Waals surface area contributed by atoms with Crippen LogP contribution in [0.3, 0.4) is 0 Å². The topological polar surface area (TPSA) is 50.2 Å². The number of para-hydroxylation sites is 1. The third-order valence-electron chi connectivity index (χ3n) is 5.75. The van der Waals surface area contributed by atoms with Crippen LogP contribution in [0.1, 0.15) is 36.8 Å². The molecule has 1 aliphatic heterocycles. The number of hydrogen-bond acceptors (Lipinski definition) is 3. The van der Waals surface area contributed by atoms with Crippen molar-refractivity contribution in [3.8, 4) is 0 Å². The zero-order valence-corrected chi connectivity index (χ0v) is 16.5. The SMILES string of the molecule is CCN1CCC(c2cccc3c2ncn3C(=O)NCCCc2ccccc2)C1. The molecule has 1 N–H and O–H groups in total. The van der Waals surface area contributed by atoms with Crippen molar-refractivity contribution < 1.29 is 4.79 Å². The molecule has 1 amide bonds. The van der Waals surface area contributed by atoms with E-state index < -0.39 is 0 Å². The number of benzene rings is 2. The first-order valence-electron chi connectivity index (χ1n) is 10.3. The molecular formula is C23H28N4O. The van der Waals surface area contributed by atoms with E-state index in [-0.39, 0.29) is 6.03 Å². The highest BCUT2D eigenvalue weighted by Gasteiger charge is 2.25. The standard InChI is InChI=1S/C23H28N4O/c1-2-26-15-13-19(16-26)20-11-6-12-21-22(20)25-17-27(21)23(28)24-14-7-10-18-8-4-3-5-9-18/h3-6,8-9,11-12,17,19H,2,7,10,13-16H2,1H3,(H,24,28). The van der Waals surface area contributed by atoms with E-state index in [4.69, 9.17) is 0 Å². The molecule has 0 saturated carbocycles. The molecule has 0 radical (unpaired) electrons. The van der Waals surface area contributed by atoms with Gasteiger partial charge in [0.15, 0.2) is 0 Å². The Morgan fingerprint density at radius 3 is 2.82 bits per heavy atom. The Kier molecular flexibility index (Phi) is 5.72. The lowest BCUT2D eigenvalue weighted by atomic mass is 9.97. The van der Waals surface area contributed by atoms with Gasteiger partial charge in [0.2, 0.25) is 0 Å². The third-order valence-corrected chi connectivity index (χ3v) is 5.75. The van der Waals surface area contributed by atoms with Crippen molar-refractivity contribution in [1.29, 1.82) is 0 Å². The minimum absolute atomic E-state index is 0.102. The van der Waals surface area contributed by atoms with Crippen LogP contribution in [0.4, 0.5) is 4.79 Å². The normalized spacial score (nSPS) is 17.2. The summed E-state index contributed by atoms with van der Waals surface area (Å²) in [4.78, 5) is 19.7. The molecule has 1 aromatic heterocycles. The van der Waals surface area contributed by atoms with Gasteiger partial charge < -0.3 is 10.2 Å². The zero-order chi connectivity index (χ0) is 19.3. The number of carbonyl (C=O) groups excluding carboxylic acids is 1. The van der Waals surface area contributed by atoms with Crippen LogP contribution >= 0.6 is 0 Å². The van der Waals surface area contributed by atoms with Crippen molar-refractivity contribution in [2.75, 3.05) is 26.2 Å². The van der Waals surface area contributed by atoms with Crippen molar-refractivity contribution in [3.63, 3.8) is 0 Å². The highest BCUT2D eigenvalue weighted by atomic mass is 16.2. The molecule has 3 aromatic rings. The van der Waals surface area contributed by atoms with Crippen LogP contribution in [0.5, 0.6) is 0 Å². The number of imidazole rings is 1. The summed E-state index contributed by atoms with van der Waals surface area (Å²) in [5.74, 6) is 0.501. The number of nitrogens with one attached hydrogen (secondary N) is 1. The number of likely N-dealkylation sites (N-methyl/N-ethyl adjacent to an activating group) is 1. The van der Waals surface area contributed by atoms with E-state index in [1.807, 2.05) is 30.3 Å². The van der Waals surface area contributed by atoms with E-state index in [9.17, 15) is 4.79 Å². The van der Waals surface area contributed by atoms with Crippen molar-refractivity contribution in [2.45, 2.75) is 32.1 Å². The number of hydrogen-bond donors (Lipinski definition) is 1. The number of aryl methyl sites for hydroxylation is 1. The van der Waals surface area contributed by atoms with Gasteiger partial charge in [0.05, 0.1) is 11.0 Å². The van der Waals surface area contributed by atoms with Gasteiger partial charge in [0, 0.05) is 19.0 Å². The number of aromatic nitrogens is 2. The maximum absolute atomic E-state index is 12.7. The first-order valence-corrected chi connectivity index (χ1v) is 10.3. The zero-order valence-electron chi connectivity index (χ0n) is 16.5. The minimum atomic E-state index is -0.102. The second-order valence-electron chi connectivity index (χ2n) is 7.53. The molecule has 5 heteroatoms. The summed E-state index contributed by atoms with van der Waals surface area (Å²) in [6.45, 7) is 6.17. The molecule has 1 aliphatic rings. The van der Waals surface area contributed by atoms with Gasteiger partial charge in [0.25, 0.3) is 0 Å². The van der Waals surface area contributed by atoms with Crippen molar-refractivity contribution in [3.05, 3.63) is 66.0 Å². The Hall–Kier alpha value is -2.66. The van der Waals surface area contributed by atoms with E-state index >= 15 is 0 Å². The van der Waals surface area contributed by atoms with E-state index in [1.54, 1.807) is 10.9 Å². The Bertz CT molecular complexity index is 934. The van der Waals surface area contributed by atoms with Crippen LogP contribution in [-0.2, 0) is 6.42 Å². The Balaban J connectivity index is 1.41. The van der Waals surface area contributed by atoms with Crippen LogP contribution in [0.25, 0.3) is 11.0 Å². The van der Waals surface area contributed by atoms with Gasteiger partial charge in [-0.2, -0.15) is 0 Å². The van der Waals surface area contributed by atoms with Gasteiger partial charge in [-0.25, -0.2) is 9.78 Å². The number of carbonyl (C=O) groups is 1. The van der Waals surface area contributed by atoms with E-state index in [0.717, 1.165) is 49.9 Å². The summed E-state index contributed by atoms with van der Waals surface area (Å²) in [5.41, 5.74) is 4.43. The molecule has 0 spiro atoms. The number of rotatable bonds is 6. The summed E-state index contributed by atoms with van der Waals surface area (Å²) in [6, 6.07) is 16.5. The fourth-order valence-electron chi connectivity index (χ4n) is 4.14. The maximum Gasteiger partial charge on any atom is 0.327 e. The number of nitrogens with zero attached hydrogens (tertiary/aromatic N) is 3. The monoisotopic (exact) mass is 376 g/mol. The van der Waals surface area contributed by atoms with Crippen LogP contribution < -0.4 is 5.32 Å². The summed E-state index contributed by atoms with van der Waals surface area (Å²) in [6.07, 6.45) is 4.70. The lowest BCUT2D eigenvalue weighted by molar-refractivity contribution is 0.243. The van der Waals surface area contributed by atoms with Crippen LogP contribution in [0.15, 0.2) is 54.9 Å². The highest BCUT2D eigenvalue weighted by molar-refractivity contribution is 5.90. The molecule has 0 bridgehead atoms. The van der Waals surface area contributed by atoms with Gasteiger partial charge in [-0.15, -0.1) is 0 Å². The highest BCUT2D eigenvalue weighted by Crippen LogP contribution is 2.31. The first-order chi connectivity index (χ1) is 13.8. The lowest BCUT2D eigenvalue weighted by Gasteiger charge is -2.14. The van der Waals surface area contributed by atoms with Crippen LogP contribution in [0, 0.1) is 0 Å². The molecule has 1 saturated heterocycles. The van der Waals surface area contributed by atoms with Crippen molar-refractivity contribution in [2.24, 2.45) is 0 Å². The minimum Gasteiger partial charge on any atom is -0.337 e. The van der Waals surface area contributed by atoms with E-state index in [2.05, 4.69) is 40.3 Å². The molecule has 1 fully saturated rings. The van der Waals surface area contributed by atoms with Crippen molar-refractivity contribution >= 4 is 17.1 Å². The predicted octanol–water partition coefficient (Wildman–Crippen LogP) is 4.04. The average Bonchev–Trinajstić information content (AvgIpc) is 3.38. The molecule has 2 heterocycles. The second-order valence-corrected chi connectivity index (χ2v) is 7.53. The third kappa shape index (κ3) is 3.94. The number of fused-ring (bicyclic) bond motifs is 1. The molecule has 5 nitrogen and oxygen atoms in total. The summed E-state index contributed by atoms with van der Waals surface area (Å²) < 4.78 is 1.65. The van der Waals surface area contributed by atoms with Gasteiger partial charge in [0.1, 0.15) is 6.33 Å². The summed E-state index contributed by atoms with van der Waals surface area (Å²) in [7, 11) is 0. The fourth-order valence-corrected chi connectivity index (χ4v) is 4.14. The summed E-state index contributed by atoms with van der Waals surface area (Å²) >= 11 is 0. The molecule has 4 rings (SSSR count). The lowest BCUT2D eigenvalue weighted by Crippen LogP contribution is -2.29. The smallest absolute Gasteiger partial charge is 0.327 e. The number of amides is 1. The maximum atomic E-state index is 12.7. The number of likely N-dealkylation sites (tertiary alicyclic amines) is 1. The largest absolute Gasteiger partial charge is 0.337 e. The van der Waals surface area contributed by atoms with Gasteiger partial charge in [-0.05, 0) is 49.5 Å². The Labute approximate surface area is 166 Å². The molecule has 146 valence electrons. The van der Waals surface area contributed by atoms with E-state index in [1.165, 1.54) is 11.1 Å². The quantitative estimate of drug-likeness (QED) is 0.661.